The van der Waals surface area contributed by atoms with Crippen LogP contribution >= 0.6 is 0 Å². The predicted molar refractivity (Wildman–Crippen MR) is 123 cm³/mol. The van der Waals surface area contributed by atoms with Crippen molar-refractivity contribution in [1.29, 1.82) is 0 Å². The zero-order valence-corrected chi connectivity index (χ0v) is 17.2. The van der Waals surface area contributed by atoms with E-state index in [1.807, 2.05) is 77.6 Å². The molecule has 0 saturated heterocycles. The number of aromatic nitrogens is 2. The lowest BCUT2D eigenvalue weighted by molar-refractivity contribution is 0.199. The van der Waals surface area contributed by atoms with E-state index in [0.717, 1.165) is 17.0 Å². The maximum absolute atomic E-state index is 13.2. The quantitative estimate of drug-likeness (QED) is 0.487. The highest BCUT2D eigenvalue weighted by Crippen LogP contribution is 2.37. The van der Waals surface area contributed by atoms with E-state index in [1.54, 1.807) is 24.5 Å². The summed E-state index contributed by atoms with van der Waals surface area (Å²) >= 11 is 0. The van der Waals surface area contributed by atoms with Gasteiger partial charge in [-0.1, -0.05) is 24.3 Å². The van der Waals surface area contributed by atoms with Crippen LogP contribution in [0.2, 0.25) is 0 Å². The first-order valence-corrected chi connectivity index (χ1v) is 10.3. The van der Waals surface area contributed by atoms with E-state index in [4.69, 9.17) is 0 Å². The van der Waals surface area contributed by atoms with Crippen molar-refractivity contribution < 1.29 is 9.90 Å². The number of hydrazone groups is 1. The molecule has 3 heterocycles. The zero-order chi connectivity index (χ0) is 21.9. The number of amides is 2. The molecule has 0 bridgehead atoms. The number of pyridine rings is 1. The number of para-hydroxylation sites is 1. The number of anilines is 1. The number of rotatable bonds is 4. The van der Waals surface area contributed by atoms with E-state index in [2.05, 4.69) is 15.4 Å². The van der Waals surface area contributed by atoms with Crippen LogP contribution in [-0.2, 0) is 0 Å². The molecule has 1 atom stereocenters. The number of nitrogens with zero attached hydrogens (tertiary/aromatic N) is 4. The average molecular weight is 423 g/mol. The van der Waals surface area contributed by atoms with Crippen LogP contribution in [-0.4, -0.2) is 31.4 Å². The lowest BCUT2D eigenvalue weighted by atomic mass is 9.98. The minimum Gasteiger partial charge on any atom is -0.508 e. The fraction of sp³-hybridized carbons (Fsp3) is 0.0800. The van der Waals surface area contributed by atoms with Crippen LogP contribution in [0.15, 0.2) is 103 Å². The van der Waals surface area contributed by atoms with Gasteiger partial charge in [0.2, 0.25) is 0 Å². The highest BCUT2D eigenvalue weighted by molar-refractivity contribution is 6.04. The number of phenols is 1. The van der Waals surface area contributed by atoms with Crippen molar-refractivity contribution in [2.75, 3.05) is 5.32 Å². The zero-order valence-electron chi connectivity index (χ0n) is 17.2. The summed E-state index contributed by atoms with van der Waals surface area (Å²) in [5.41, 5.74) is 3.89. The van der Waals surface area contributed by atoms with E-state index >= 15 is 0 Å². The molecule has 7 nitrogen and oxygen atoms in total. The van der Waals surface area contributed by atoms with Crippen LogP contribution < -0.4 is 5.32 Å². The molecule has 1 unspecified atom stereocenters. The second-order valence-electron chi connectivity index (χ2n) is 7.48. The van der Waals surface area contributed by atoms with Gasteiger partial charge in [0.15, 0.2) is 0 Å². The predicted octanol–water partition coefficient (Wildman–Crippen LogP) is 4.96. The van der Waals surface area contributed by atoms with E-state index in [0.29, 0.717) is 17.7 Å². The van der Waals surface area contributed by atoms with Crippen molar-refractivity contribution in [1.82, 2.24) is 14.6 Å². The number of aromatic hydroxyl groups is 1. The average Bonchev–Trinajstić information content (AvgIpc) is 3.51. The molecule has 5 rings (SSSR count). The topological polar surface area (TPSA) is 82.8 Å². The van der Waals surface area contributed by atoms with Crippen LogP contribution in [0.25, 0.3) is 5.69 Å². The second kappa shape index (κ2) is 8.39. The molecule has 0 spiro atoms. The first kappa shape index (κ1) is 19.6. The second-order valence-corrected chi connectivity index (χ2v) is 7.48. The number of hydrogen-bond donors (Lipinski definition) is 2. The van der Waals surface area contributed by atoms with Crippen LogP contribution in [0, 0.1) is 0 Å². The third-order valence-corrected chi connectivity index (χ3v) is 5.43. The molecule has 2 aromatic heterocycles. The molecule has 32 heavy (non-hydrogen) atoms. The summed E-state index contributed by atoms with van der Waals surface area (Å²) < 4.78 is 1.99. The molecule has 2 amide bonds. The van der Waals surface area contributed by atoms with Crippen molar-refractivity contribution in [3.05, 3.63) is 109 Å². The molecule has 0 fully saturated rings. The Labute approximate surface area is 185 Å². The number of carbonyl (C=O) groups is 1. The number of urea groups is 1. The van der Waals surface area contributed by atoms with Gasteiger partial charge in [0.1, 0.15) is 5.75 Å². The summed E-state index contributed by atoms with van der Waals surface area (Å²) in [6, 6.07) is 21.5. The first-order chi connectivity index (χ1) is 15.7. The monoisotopic (exact) mass is 423 g/mol. The number of carbonyl (C=O) groups excluding carboxylic acids is 1. The highest BCUT2D eigenvalue weighted by Gasteiger charge is 2.34. The summed E-state index contributed by atoms with van der Waals surface area (Å²) in [6.07, 6.45) is 7.82. The maximum Gasteiger partial charge on any atom is 0.342 e. The van der Waals surface area contributed by atoms with Crippen molar-refractivity contribution in [3.8, 4) is 11.4 Å². The summed E-state index contributed by atoms with van der Waals surface area (Å²) in [7, 11) is 0. The lowest BCUT2D eigenvalue weighted by Gasteiger charge is -2.23. The largest absolute Gasteiger partial charge is 0.508 e. The van der Waals surface area contributed by atoms with Crippen LogP contribution in [0.4, 0.5) is 10.5 Å². The summed E-state index contributed by atoms with van der Waals surface area (Å²) in [5, 5.41) is 19.3. The summed E-state index contributed by atoms with van der Waals surface area (Å²) in [5.74, 6) is 0.133. The molecule has 0 radical (unpaired) electrons. The van der Waals surface area contributed by atoms with E-state index in [9.17, 15) is 9.90 Å². The Balaban J connectivity index is 1.42. The van der Waals surface area contributed by atoms with Gasteiger partial charge in [0, 0.05) is 53.7 Å². The van der Waals surface area contributed by atoms with Gasteiger partial charge in [-0.25, -0.2) is 9.80 Å². The van der Waals surface area contributed by atoms with Gasteiger partial charge < -0.3 is 15.0 Å². The van der Waals surface area contributed by atoms with Crippen molar-refractivity contribution in [3.63, 3.8) is 0 Å². The normalized spacial score (nSPS) is 15.4. The number of nitrogens with one attached hydrogen (secondary N) is 1. The fourth-order valence-corrected chi connectivity index (χ4v) is 3.82. The maximum atomic E-state index is 13.2. The Morgan fingerprint density at radius 1 is 0.969 bits per heavy atom. The van der Waals surface area contributed by atoms with E-state index < -0.39 is 6.04 Å². The van der Waals surface area contributed by atoms with Crippen molar-refractivity contribution in [2.24, 2.45) is 5.10 Å². The van der Waals surface area contributed by atoms with Gasteiger partial charge in [-0.05, 0) is 48.5 Å². The third-order valence-electron chi connectivity index (χ3n) is 5.43. The van der Waals surface area contributed by atoms with E-state index in [1.165, 1.54) is 5.01 Å². The molecule has 1 aliphatic rings. The molecule has 4 aromatic rings. The van der Waals surface area contributed by atoms with Crippen LogP contribution in [0.3, 0.4) is 0 Å². The van der Waals surface area contributed by atoms with Gasteiger partial charge >= 0.3 is 6.03 Å². The molecule has 2 N–H and O–H groups in total. The van der Waals surface area contributed by atoms with Gasteiger partial charge in [-0.15, -0.1) is 0 Å². The molecular weight excluding hydrogens is 402 g/mol. The molecule has 0 saturated carbocycles. The first-order valence-electron chi connectivity index (χ1n) is 10.3. The Morgan fingerprint density at radius 2 is 1.75 bits per heavy atom. The minimum absolute atomic E-state index is 0.133. The highest BCUT2D eigenvalue weighted by atomic mass is 16.3. The number of benzene rings is 2. The van der Waals surface area contributed by atoms with Crippen LogP contribution in [0.1, 0.15) is 23.6 Å². The third kappa shape index (κ3) is 3.83. The molecule has 158 valence electrons. The number of phenolic OH excluding ortho intramolecular Hbond substituents is 1. The Kier molecular flexibility index (Phi) is 5.13. The number of hydrogen-bond acceptors (Lipinski definition) is 4. The Morgan fingerprint density at radius 3 is 2.47 bits per heavy atom. The van der Waals surface area contributed by atoms with Crippen molar-refractivity contribution >= 4 is 17.4 Å². The molecule has 7 heteroatoms. The van der Waals surface area contributed by atoms with Crippen molar-refractivity contribution in [2.45, 2.75) is 12.5 Å². The molecule has 0 aliphatic carbocycles. The fourth-order valence-electron chi connectivity index (χ4n) is 3.82. The van der Waals surface area contributed by atoms with Gasteiger partial charge in [0.25, 0.3) is 0 Å². The Hall–Kier alpha value is -4.39. The van der Waals surface area contributed by atoms with Gasteiger partial charge in [-0.3, -0.25) is 4.98 Å². The molecule has 1 aliphatic heterocycles. The van der Waals surface area contributed by atoms with E-state index in [-0.39, 0.29) is 11.8 Å². The van der Waals surface area contributed by atoms with Gasteiger partial charge in [-0.2, -0.15) is 5.10 Å². The molecule has 2 aromatic carbocycles. The smallest absolute Gasteiger partial charge is 0.342 e. The minimum atomic E-state index is -0.425. The molecular formula is C25H21N5O2. The standard InChI is InChI=1S/C25H21N5O2/c31-24-8-2-1-7-21(24)23-16-22(18-6-5-13-26-17-18)28-30(23)25(32)27-19-9-11-20(12-10-19)29-14-3-4-15-29/h1-15,17,23,31H,16H2,(H,27,32). The SMILES string of the molecule is O=C(Nc1ccc(-n2cccc2)cc1)N1N=C(c2cccnc2)CC1c1ccccc1O. The van der Waals surface area contributed by atoms with Gasteiger partial charge in [0.05, 0.1) is 11.8 Å². The lowest BCUT2D eigenvalue weighted by Crippen LogP contribution is -2.31. The summed E-state index contributed by atoms with van der Waals surface area (Å²) in [6.45, 7) is 0. The van der Waals surface area contributed by atoms with Crippen LogP contribution in [0.5, 0.6) is 5.75 Å². The summed E-state index contributed by atoms with van der Waals surface area (Å²) in [4.78, 5) is 17.4. The Bertz CT molecular complexity index is 1250.